The largest absolute Gasteiger partial charge is 0.490 e. The fourth-order valence-electron chi connectivity index (χ4n) is 1.82. The number of rotatable bonds is 2. The summed E-state index contributed by atoms with van der Waals surface area (Å²) < 4.78 is 10.4. The van der Waals surface area contributed by atoms with Gasteiger partial charge in [0.1, 0.15) is 12.4 Å². The first-order valence-corrected chi connectivity index (χ1v) is 5.28. The number of hydrogen-bond acceptors (Lipinski definition) is 4. The van der Waals surface area contributed by atoms with Crippen LogP contribution in [0.4, 0.5) is 0 Å². The minimum Gasteiger partial charge on any atom is -0.490 e. The molecule has 1 aromatic carbocycles. The number of ether oxygens (including phenoxy) is 2. The molecule has 16 heavy (non-hydrogen) atoms. The van der Waals surface area contributed by atoms with Crippen LogP contribution < -0.4 is 10.5 Å². The standard InChI is InChI=1S/C12H15NO3/c1-3-15-11(14)12(13)7-16-10-6-8(2)4-5-9(10)12/h4-6H,3,7,13H2,1-2H3. The lowest BCUT2D eigenvalue weighted by Crippen LogP contribution is -2.47. The number of carbonyl (C=O) groups excluding carboxylic acids is 1. The molecule has 86 valence electrons. The number of benzene rings is 1. The second-order valence-corrected chi connectivity index (χ2v) is 3.98. The van der Waals surface area contributed by atoms with Crippen LogP contribution in [0.2, 0.25) is 0 Å². The summed E-state index contributed by atoms with van der Waals surface area (Å²) in [6, 6.07) is 5.62. The van der Waals surface area contributed by atoms with Crippen LogP contribution in [-0.2, 0) is 15.1 Å². The van der Waals surface area contributed by atoms with Crippen LogP contribution in [0.5, 0.6) is 5.75 Å². The molecule has 0 fully saturated rings. The quantitative estimate of drug-likeness (QED) is 0.760. The van der Waals surface area contributed by atoms with Gasteiger partial charge in [-0.05, 0) is 25.5 Å². The van der Waals surface area contributed by atoms with Crippen molar-refractivity contribution < 1.29 is 14.3 Å². The Hall–Kier alpha value is -1.55. The summed E-state index contributed by atoms with van der Waals surface area (Å²) in [4.78, 5) is 11.8. The van der Waals surface area contributed by atoms with E-state index in [1.165, 1.54) is 0 Å². The molecule has 0 bridgehead atoms. The first kappa shape index (κ1) is 11.0. The average molecular weight is 221 g/mol. The summed E-state index contributed by atoms with van der Waals surface area (Å²) in [6.45, 7) is 4.18. The Kier molecular flexibility index (Phi) is 2.59. The lowest BCUT2D eigenvalue weighted by molar-refractivity contribution is -0.150. The highest BCUT2D eigenvalue weighted by molar-refractivity contribution is 5.84. The maximum absolute atomic E-state index is 11.8. The molecular formula is C12H15NO3. The van der Waals surface area contributed by atoms with Crippen LogP contribution in [0.15, 0.2) is 18.2 Å². The van der Waals surface area contributed by atoms with Gasteiger partial charge in [-0.3, -0.25) is 0 Å². The molecule has 0 aliphatic carbocycles. The Bertz CT molecular complexity index is 430. The molecule has 0 amide bonds. The first-order chi connectivity index (χ1) is 7.58. The normalized spacial score (nSPS) is 22.4. The van der Waals surface area contributed by atoms with Crippen LogP contribution in [0, 0.1) is 6.92 Å². The van der Waals surface area contributed by atoms with Gasteiger partial charge in [0.25, 0.3) is 0 Å². The molecule has 1 aliphatic rings. The number of nitrogens with two attached hydrogens (primary N) is 1. The van der Waals surface area contributed by atoms with E-state index in [1.807, 2.05) is 25.1 Å². The van der Waals surface area contributed by atoms with Gasteiger partial charge in [-0.15, -0.1) is 0 Å². The third-order valence-electron chi connectivity index (χ3n) is 2.71. The Balaban J connectivity index is 2.38. The molecule has 1 aromatic rings. The van der Waals surface area contributed by atoms with Crippen LogP contribution in [0.1, 0.15) is 18.1 Å². The van der Waals surface area contributed by atoms with Gasteiger partial charge in [0.2, 0.25) is 0 Å². The molecule has 0 spiro atoms. The van der Waals surface area contributed by atoms with E-state index in [4.69, 9.17) is 15.2 Å². The number of carbonyl (C=O) groups is 1. The highest BCUT2D eigenvalue weighted by Gasteiger charge is 2.45. The molecule has 4 nitrogen and oxygen atoms in total. The van der Waals surface area contributed by atoms with E-state index < -0.39 is 11.5 Å². The molecule has 1 heterocycles. The van der Waals surface area contributed by atoms with Crippen molar-refractivity contribution in [1.29, 1.82) is 0 Å². The molecular weight excluding hydrogens is 206 g/mol. The molecule has 1 aliphatic heterocycles. The molecule has 0 aromatic heterocycles. The molecule has 0 saturated carbocycles. The van der Waals surface area contributed by atoms with Crippen molar-refractivity contribution in [1.82, 2.24) is 0 Å². The minimum absolute atomic E-state index is 0.143. The number of fused-ring (bicyclic) bond motifs is 1. The lowest BCUT2D eigenvalue weighted by atomic mass is 9.93. The van der Waals surface area contributed by atoms with E-state index in [-0.39, 0.29) is 6.61 Å². The summed E-state index contributed by atoms with van der Waals surface area (Å²) in [5, 5.41) is 0. The van der Waals surface area contributed by atoms with Gasteiger partial charge in [0.15, 0.2) is 5.54 Å². The highest BCUT2D eigenvalue weighted by Crippen LogP contribution is 2.36. The van der Waals surface area contributed by atoms with Crippen LogP contribution in [0.25, 0.3) is 0 Å². The summed E-state index contributed by atoms with van der Waals surface area (Å²) in [6.07, 6.45) is 0. The molecule has 0 saturated heterocycles. The Morgan fingerprint density at radius 1 is 1.62 bits per heavy atom. The van der Waals surface area contributed by atoms with Crippen molar-refractivity contribution in [3.63, 3.8) is 0 Å². The van der Waals surface area contributed by atoms with Crippen molar-refractivity contribution in [3.05, 3.63) is 29.3 Å². The zero-order valence-corrected chi connectivity index (χ0v) is 9.45. The van der Waals surface area contributed by atoms with Crippen molar-refractivity contribution in [3.8, 4) is 5.75 Å². The summed E-state index contributed by atoms with van der Waals surface area (Å²) in [5.41, 5.74) is 6.68. The van der Waals surface area contributed by atoms with Gasteiger partial charge < -0.3 is 15.2 Å². The van der Waals surface area contributed by atoms with E-state index in [2.05, 4.69) is 0 Å². The molecule has 1 unspecified atom stereocenters. The number of aryl methyl sites for hydroxylation is 1. The topological polar surface area (TPSA) is 61.5 Å². The summed E-state index contributed by atoms with van der Waals surface area (Å²) >= 11 is 0. The maximum Gasteiger partial charge on any atom is 0.334 e. The van der Waals surface area contributed by atoms with Crippen molar-refractivity contribution >= 4 is 5.97 Å². The van der Waals surface area contributed by atoms with Crippen molar-refractivity contribution in [2.24, 2.45) is 5.73 Å². The van der Waals surface area contributed by atoms with Gasteiger partial charge in [-0.2, -0.15) is 0 Å². The zero-order chi connectivity index (χ0) is 11.8. The summed E-state index contributed by atoms with van der Waals surface area (Å²) in [5.74, 6) is 0.244. The zero-order valence-electron chi connectivity index (χ0n) is 9.45. The van der Waals surface area contributed by atoms with Crippen molar-refractivity contribution in [2.75, 3.05) is 13.2 Å². The average Bonchev–Trinajstić information content (AvgIpc) is 2.58. The van der Waals surface area contributed by atoms with Gasteiger partial charge in [0, 0.05) is 5.56 Å². The smallest absolute Gasteiger partial charge is 0.334 e. The molecule has 1 atom stereocenters. The fraction of sp³-hybridized carbons (Fsp3) is 0.417. The fourth-order valence-corrected chi connectivity index (χ4v) is 1.82. The van der Waals surface area contributed by atoms with Crippen molar-refractivity contribution in [2.45, 2.75) is 19.4 Å². The molecule has 0 radical (unpaired) electrons. The van der Waals surface area contributed by atoms with Gasteiger partial charge in [-0.25, -0.2) is 4.79 Å². The van der Waals surface area contributed by atoms with Crippen LogP contribution in [0.3, 0.4) is 0 Å². The Labute approximate surface area is 94.3 Å². The second kappa shape index (κ2) is 3.79. The third kappa shape index (κ3) is 1.55. The predicted molar refractivity (Wildman–Crippen MR) is 59.2 cm³/mol. The molecule has 2 rings (SSSR count). The van der Waals surface area contributed by atoms with E-state index in [9.17, 15) is 4.79 Å². The van der Waals surface area contributed by atoms with Gasteiger partial charge in [-0.1, -0.05) is 12.1 Å². The van der Waals surface area contributed by atoms with Gasteiger partial charge in [0.05, 0.1) is 6.61 Å². The monoisotopic (exact) mass is 221 g/mol. The number of hydrogen-bond donors (Lipinski definition) is 1. The first-order valence-electron chi connectivity index (χ1n) is 5.28. The van der Waals surface area contributed by atoms with Crippen LogP contribution in [-0.4, -0.2) is 19.2 Å². The van der Waals surface area contributed by atoms with E-state index in [0.717, 1.165) is 5.56 Å². The van der Waals surface area contributed by atoms with E-state index >= 15 is 0 Å². The van der Waals surface area contributed by atoms with Gasteiger partial charge >= 0.3 is 5.97 Å². The lowest BCUT2D eigenvalue weighted by Gasteiger charge is -2.19. The third-order valence-corrected chi connectivity index (χ3v) is 2.71. The Morgan fingerprint density at radius 2 is 2.38 bits per heavy atom. The Morgan fingerprint density at radius 3 is 3.06 bits per heavy atom. The van der Waals surface area contributed by atoms with E-state index in [0.29, 0.717) is 17.9 Å². The SMILES string of the molecule is CCOC(=O)C1(N)COc2cc(C)ccc21. The molecule has 2 N–H and O–H groups in total. The summed E-state index contributed by atoms with van der Waals surface area (Å²) in [7, 11) is 0. The minimum atomic E-state index is -1.15. The predicted octanol–water partition coefficient (Wildman–Crippen LogP) is 1.10. The highest BCUT2D eigenvalue weighted by atomic mass is 16.5. The molecule has 4 heteroatoms. The maximum atomic E-state index is 11.8. The second-order valence-electron chi connectivity index (χ2n) is 3.98. The number of esters is 1. The van der Waals surface area contributed by atoms with Crippen LogP contribution >= 0.6 is 0 Å². The van der Waals surface area contributed by atoms with E-state index in [1.54, 1.807) is 6.92 Å².